The van der Waals surface area contributed by atoms with Gasteiger partial charge in [-0.05, 0) is 88.2 Å². The first kappa shape index (κ1) is 24.1. The SMILES string of the molecule is C#CCN(C)[C@H](C)Cc1ccc(OCCCCNc2c3c(nc4ccccc24)CCCC3)cc1. The molecule has 0 saturated carbocycles. The molecule has 3 aromatic rings. The Labute approximate surface area is 204 Å². The summed E-state index contributed by atoms with van der Waals surface area (Å²) in [6.45, 7) is 4.57. The van der Waals surface area contributed by atoms with Crippen molar-refractivity contribution in [3.05, 3.63) is 65.4 Å². The van der Waals surface area contributed by atoms with Crippen LogP contribution in [0.1, 0.15) is 49.4 Å². The van der Waals surface area contributed by atoms with Crippen LogP contribution in [0.25, 0.3) is 10.9 Å². The van der Waals surface area contributed by atoms with Crippen molar-refractivity contribution in [3.8, 4) is 18.1 Å². The lowest BCUT2D eigenvalue weighted by Crippen LogP contribution is -2.31. The monoisotopic (exact) mass is 455 g/mol. The second kappa shape index (κ2) is 11.9. The second-order valence-corrected chi connectivity index (χ2v) is 9.43. The number of likely N-dealkylation sites (N-methyl/N-ethyl adjacent to an activating group) is 1. The molecule has 0 radical (unpaired) electrons. The van der Waals surface area contributed by atoms with E-state index in [1.54, 1.807) is 0 Å². The summed E-state index contributed by atoms with van der Waals surface area (Å²) in [6.07, 6.45) is 13.2. The number of fused-ring (bicyclic) bond motifs is 2. The van der Waals surface area contributed by atoms with Crippen LogP contribution < -0.4 is 10.1 Å². The number of anilines is 1. The molecule has 0 bridgehead atoms. The molecule has 0 saturated heterocycles. The Balaban J connectivity index is 1.23. The number of nitrogens with one attached hydrogen (secondary N) is 1. The number of rotatable bonds is 11. The summed E-state index contributed by atoms with van der Waals surface area (Å²) < 4.78 is 5.99. The van der Waals surface area contributed by atoms with Crippen molar-refractivity contribution in [3.63, 3.8) is 0 Å². The van der Waals surface area contributed by atoms with Crippen molar-refractivity contribution in [2.75, 3.05) is 32.1 Å². The Hall–Kier alpha value is -3.03. The highest BCUT2D eigenvalue weighted by Crippen LogP contribution is 2.33. The number of nitrogens with zero attached hydrogens (tertiary/aromatic N) is 2. The second-order valence-electron chi connectivity index (χ2n) is 9.43. The smallest absolute Gasteiger partial charge is 0.119 e. The number of pyridine rings is 1. The minimum atomic E-state index is 0.415. The maximum absolute atomic E-state index is 5.99. The van der Waals surface area contributed by atoms with Crippen LogP contribution in [0.15, 0.2) is 48.5 Å². The molecule has 1 heterocycles. The fourth-order valence-electron chi connectivity index (χ4n) is 4.72. The summed E-state index contributed by atoms with van der Waals surface area (Å²) in [6, 6.07) is 17.4. The van der Waals surface area contributed by atoms with E-state index in [1.807, 2.05) is 0 Å². The summed E-state index contributed by atoms with van der Waals surface area (Å²) in [5.74, 6) is 3.65. The number of hydrogen-bond donors (Lipinski definition) is 1. The molecule has 1 aromatic heterocycles. The van der Waals surface area contributed by atoms with Crippen LogP contribution in [0.5, 0.6) is 5.75 Å². The number of benzene rings is 2. The minimum Gasteiger partial charge on any atom is -0.494 e. The van der Waals surface area contributed by atoms with Crippen molar-refractivity contribution in [1.29, 1.82) is 0 Å². The van der Waals surface area contributed by atoms with Gasteiger partial charge in [0.1, 0.15) is 5.75 Å². The molecule has 0 spiro atoms. The van der Waals surface area contributed by atoms with Gasteiger partial charge in [0.05, 0.1) is 18.7 Å². The molecule has 4 heteroatoms. The maximum atomic E-state index is 5.99. The molecule has 34 heavy (non-hydrogen) atoms. The van der Waals surface area contributed by atoms with Gasteiger partial charge in [-0.2, -0.15) is 0 Å². The molecule has 0 amide bonds. The van der Waals surface area contributed by atoms with Crippen LogP contribution in [0.4, 0.5) is 5.69 Å². The number of ether oxygens (including phenoxy) is 1. The third-order valence-electron chi connectivity index (χ3n) is 6.86. The van der Waals surface area contributed by atoms with E-state index in [-0.39, 0.29) is 0 Å². The third-order valence-corrected chi connectivity index (χ3v) is 6.86. The number of hydrogen-bond acceptors (Lipinski definition) is 4. The zero-order chi connectivity index (χ0) is 23.8. The molecule has 0 unspecified atom stereocenters. The highest BCUT2D eigenvalue weighted by Gasteiger charge is 2.17. The van der Waals surface area contributed by atoms with Gasteiger partial charge in [0.15, 0.2) is 0 Å². The van der Waals surface area contributed by atoms with Gasteiger partial charge in [0.25, 0.3) is 0 Å². The lowest BCUT2D eigenvalue weighted by atomic mass is 9.92. The Morgan fingerprint density at radius 2 is 1.88 bits per heavy atom. The zero-order valence-electron chi connectivity index (χ0n) is 20.6. The lowest BCUT2D eigenvalue weighted by Gasteiger charge is -2.22. The first-order chi connectivity index (χ1) is 16.7. The van der Waals surface area contributed by atoms with Gasteiger partial charge in [-0.3, -0.25) is 9.88 Å². The predicted octanol–water partition coefficient (Wildman–Crippen LogP) is 5.88. The molecule has 1 atom stereocenters. The maximum Gasteiger partial charge on any atom is 0.119 e. The van der Waals surface area contributed by atoms with Gasteiger partial charge < -0.3 is 10.1 Å². The molecule has 0 aliphatic heterocycles. The first-order valence-corrected chi connectivity index (χ1v) is 12.7. The highest BCUT2D eigenvalue weighted by atomic mass is 16.5. The lowest BCUT2D eigenvalue weighted by molar-refractivity contribution is 0.286. The van der Waals surface area contributed by atoms with E-state index >= 15 is 0 Å². The highest BCUT2D eigenvalue weighted by molar-refractivity contribution is 5.93. The fourth-order valence-corrected chi connectivity index (χ4v) is 4.72. The van der Waals surface area contributed by atoms with Crippen LogP contribution in [-0.4, -0.2) is 42.7 Å². The van der Waals surface area contributed by atoms with E-state index in [0.29, 0.717) is 12.6 Å². The molecular weight excluding hydrogens is 418 g/mol. The molecule has 1 N–H and O–H groups in total. The van der Waals surface area contributed by atoms with Crippen LogP contribution in [-0.2, 0) is 19.3 Å². The molecule has 4 rings (SSSR count). The minimum absolute atomic E-state index is 0.415. The molecule has 1 aliphatic rings. The van der Waals surface area contributed by atoms with E-state index in [4.69, 9.17) is 16.1 Å². The Morgan fingerprint density at radius 1 is 1.09 bits per heavy atom. The Kier molecular flexibility index (Phi) is 8.44. The average molecular weight is 456 g/mol. The van der Waals surface area contributed by atoms with Gasteiger partial charge in [-0.25, -0.2) is 0 Å². The van der Waals surface area contributed by atoms with Crippen molar-refractivity contribution in [2.45, 2.75) is 57.9 Å². The quantitative estimate of drug-likeness (QED) is 0.289. The summed E-state index contributed by atoms with van der Waals surface area (Å²) in [5.41, 5.74) is 6.44. The van der Waals surface area contributed by atoms with E-state index in [0.717, 1.165) is 56.5 Å². The van der Waals surface area contributed by atoms with Crippen molar-refractivity contribution in [2.24, 2.45) is 0 Å². The molecule has 1 aliphatic carbocycles. The van der Waals surface area contributed by atoms with Crippen molar-refractivity contribution in [1.82, 2.24) is 9.88 Å². The van der Waals surface area contributed by atoms with E-state index in [2.05, 4.69) is 78.6 Å². The fraction of sp³-hybridized carbons (Fsp3) is 0.433. The van der Waals surface area contributed by atoms with E-state index in [1.165, 1.54) is 40.7 Å². The topological polar surface area (TPSA) is 37.4 Å². The Morgan fingerprint density at radius 3 is 2.71 bits per heavy atom. The summed E-state index contributed by atoms with van der Waals surface area (Å²) in [4.78, 5) is 7.13. The molecule has 2 aromatic carbocycles. The van der Waals surface area contributed by atoms with Crippen LogP contribution >= 0.6 is 0 Å². The largest absolute Gasteiger partial charge is 0.494 e. The number of para-hydroxylation sites is 1. The standard InChI is InChI=1S/C30H37N3O/c1-4-20-33(3)23(2)22-24-15-17-25(18-16-24)34-21-10-9-19-31-30-26-11-5-7-13-28(26)32-29-14-8-6-12-27(29)30/h1,5,7,11,13,15-18,23H,6,8-10,12,14,19-22H2,2-3H3,(H,31,32)/t23-/m1/s1. The molecule has 4 nitrogen and oxygen atoms in total. The van der Waals surface area contributed by atoms with Crippen molar-refractivity contribution >= 4 is 16.6 Å². The number of unbranched alkanes of at least 4 members (excludes halogenated alkanes) is 1. The summed E-state index contributed by atoms with van der Waals surface area (Å²) >= 11 is 0. The molecule has 0 fully saturated rings. The average Bonchev–Trinajstić information content (AvgIpc) is 2.86. The van der Waals surface area contributed by atoms with Gasteiger partial charge in [-0.15, -0.1) is 6.42 Å². The van der Waals surface area contributed by atoms with E-state index in [9.17, 15) is 0 Å². The molecular formula is C30H37N3O. The van der Waals surface area contributed by atoms with Crippen LogP contribution in [0, 0.1) is 12.3 Å². The van der Waals surface area contributed by atoms with Crippen LogP contribution in [0.2, 0.25) is 0 Å². The van der Waals surface area contributed by atoms with Gasteiger partial charge in [0.2, 0.25) is 0 Å². The zero-order valence-corrected chi connectivity index (χ0v) is 20.6. The normalized spacial score (nSPS) is 13.9. The predicted molar refractivity (Wildman–Crippen MR) is 143 cm³/mol. The first-order valence-electron chi connectivity index (χ1n) is 12.7. The van der Waals surface area contributed by atoms with Gasteiger partial charge >= 0.3 is 0 Å². The number of aromatic nitrogens is 1. The van der Waals surface area contributed by atoms with Crippen LogP contribution in [0.3, 0.4) is 0 Å². The summed E-state index contributed by atoms with van der Waals surface area (Å²) in [7, 11) is 2.07. The number of terminal acetylenes is 1. The van der Waals surface area contributed by atoms with E-state index < -0.39 is 0 Å². The molecule has 178 valence electrons. The summed E-state index contributed by atoms with van der Waals surface area (Å²) in [5, 5.41) is 5.00. The number of aryl methyl sites for hydroxylation is 1. The van der Waals surface area contributed by atoms with Gasteiger partial charge in [0, 0.05) is 29.4 Å². The Bertz CT molecular complexity index is 1120. The third kappa shape index (κ3) is 6.10. The van der Waals surface area contributed by atoms with Gasteiger partial charge in [-0.1, -0.05) is 36.3 Å². The van der Waals surface area contributed by atoms with Crippen molar-refractivity contribution < 1.29 is 4.74 Å².